The Labute approximate surface area is 93.4 Å². The van der Waals surface area contributed by atoms with Gasteiger partial charge in [-0.25, -0.2) is 0 Å². The third-order valence-corrected chi connectivity index (χ3v) is 2.36. The lowest BCUT2D eigenvalue weighted by Gasteiger charge is -2.39. The van der Waals surface area contributed by atoms with Crippen LogP contribution in [0, 0.1) is 0 Å². The van der Waals surface area contributed by atoms with Gasteiger partial charge in [0.05, 0.1) is 0 Å². The molecular weight excluding hydrogens is 148 g/mol. The van der Waals surface area contributed by atoms with Gasteiger partial charge in [-0.2, -0.15) is 0 Å². The van der Waals surface area contributed by atoms with E-state index in [0.29, 0.717) is 22.6 Å². The van der Waals surface area contributed by atoms with Crippen molar-refractivity contribution in [1.82, 2.24) is 9.80 Å². The molecule has 0 aromatic heterocycles. The molecule has 0 amide bonds. The third kappa shape index (κ3) is 2.20. The largest absolute Gasteiger partial charge is 0.305 e. The molecule has 1 fully saturated rings. The van der Waals surface area contributed by atoms with Crippen molar-refractivity contribution < 1.29 is 16.4 Å². The van der Waals surface area contributed by atoms with Crippen LogP contribution >= 0.6 is 0 Å². The number of likely N-dealkylation sites (N-methyl/N-ethyl adjacent to an activating group) is 2. The van der Waals surface area contributed by atoms with E-state index in [-0.39, 0.29) is 12.8 Å². The summed E-state index contributed by atoms with van der Waals surface area (Å²) < 4.78 is 90.3. The first kappa shape index (κ1) is 2.48. The molecule has 1 rings (SSSR count). The second-order valence-electron chi connectivity index (χ2n) is 3.16. The highest BCUT2D eigenvalue weighted by Gasteiger charge is 2.27. The van der Waals surface area contributed by atoms with Crippen molar-refractivity contribution in [3.63, 3.8) is 0 Å². The van der Waals surface area contributed by atoms with E-state index in [1.807, 2.05) is 0 Å². The van der Waals surface area contributed by atoms with E-state index in [2.05, 4.69) is 0 Å². The number of nitrogens with zero attached hydrogens (tertiary/aromatic N) is 2. The van der Waals surface area contributed by atoms with Crippen LogP contribution in [0.2, 0.25) is 0 Å². The van der Waals surface area contributed by atoms with Gasteiger partial charge in [0.1, 0.15) is 0 Å². The van der Waals surface area contributed by atoms with Crippen LogP contribution in [-0.4, -0.2) is 49.8 Å². The Morgan fingerprint density at radius 1 is 0.917 bits per heavy atom. The van der Waals surface area contributed by atoms with E-state index < -0.39 is 40.0 Å². The Kier molecular flexibility index (Phi) is 0.878. The Morgan fingerprint density at radius 2 is 1.33 bits per heavy atom. The van der Waals surface area contributed by atoms with Gasteiger partial charge in [0.25, 0.3) is 0 Å². The first-order valence-electron chi connectivity index (χ1n) is 10.1. The fourth-order valence-electron chi connectivity index (χ4n) is 1.69. The number of rotatable bonds is 2. The fourth-order valence-corrected chi connectivity index (χ4v) is 1.69. The van der Waals surface area contributed by atoms with Gasteiger partial charge in [-0.05, 0) is 40.7 Å². The lowest BCUT2D eigenvalue weighted by molar-refractivity contribution is 0.110. The van der Waals surface area contributed by atoms with Gasteiger partial charge in [-0.1, -0.05) is 12.8 Å². The summed E-state index contributed by atoms with van der Waals surface area (Å²) in [5.74, 6) is 0. The van der Waals surface area contributed by atoms with Crippen molar-refractivity contribution >= 4 is 0 Å². The van der Waals surface area contributed by atoms with Crippen molar-refractivity contribution in [1.29, 1.82) is 0 Å². The summed E-state index contributed by atoms with van der Waals surface area (Å²) in [5, 5.41) is 0. The lowest BCUT2D eigenvalue weighted by Crippen LogP contribution is -2.48. The van der Waals surface area contributed by atoms with E-state index in [4.69, 9.17) is 16.4 Å². The minimum atomic E-state index is -3.00. The topological polar surface area (TPSA) is 6.48 Å². The van der Waals surface area contributed by atoms with Gasteiger partial charge in [0.2, 0.25) is 0 Å². The van der Waals surface area contributed by atoms with Gasteiger partial charge >= 0.3 is 0 Å². The molecule has 1 aliphatic carbocycles. The Hall–Kier alpha value is -0.0800. The van der Waals surface area contributed by atoms with E-state index in [9.17, 15) is 0 Å². The number of hydrogen-bond acceptors (Lipinski definition) is 2. The molecule has 0 N–H and O–H groups in total. The van der Waals surface area contributed by atoms with Gasteiger partial charge in [0, 0.05) is 28.5 Å². The predicted molar refractivity (Wildman–Crippen MR) is 53.4 cm³/mol. The molecule has 0 unspecified atom stereocenters. The highest BCUT2D eigenvalue weighted by atomic mass is 15.2. The van der Waals surface area contributed by atoms with Gasteiger partial charge in [-0.15, -0.1) is 0 Å². The first-order chi connectivity index (χ1) is 10.5. The summed E-state index contributed by atoms with van der Waals surface area (Å²) in [6.07, 6.45) is 1.20. The molecule has 1 aliphatic rings. The van der Waals surface area contributed by atoms with Crippen molar-refractivity contribution in [2.75, 3.05) is 27.9 Å². The minimum Gasteiger partial charge on any atom is -0.305 e. The molecular formula is C10H22N2. The Bertz CT molecular complexity index is 352. The summed E-state index contributed by atoms with van der Waals surface area (Å²) in [7, 11) is 0. The van der Waals surface area contributed by atoms with Crippen LogP contribution in [0.15, 0.2) is 0 Å². The summed E-state index contributed by atoms with van der Waals surface area (Å²) in [6.45, 7) is -12.0. The van der Waals surface area contributed by atoms with Crippen molar-refractivity contribution in [2.24, 2.45) is 0 Å². The van der Waals surface area contributed by atoms with Crippen LogP contribution in [0.5, 0.6) is 0 Å². The molecule has 0 spiro atoms. The van der Waals surface area contributed by atoms with Gasteiger partial charge < -0.3 is 9.80 Å². The molecule has 0 saturated heterocycles. The molecule has 0 aliphatic heterocycles. The molecule has 72 valence electrons. The third-order valence-electron chi connectivity index (χ3n) is 2.36. The van der Waals surface area contributed by atoms with Crippen LogP contribution in [0.3, 0.4) is 0 Å². The average Bonchev–Trinajstić information content (AvgIpc) is 2.23. The summed E-state index contributed by atoms with van der Waals surface area (Å²) in [4.78, 5) is 0.628. The second kappa shape index (κ2) is 4.24. The van der Waals surface area contributed by atoms with Crippen LogP contribution in [-0.2, 0) is 0 Å². The molecule has 1 saturated carbocycles. The molecule has 0 heterocycles. The van der Waals surface area contributed by atoms with E-state index in [0.717, 1.165) is 0 Å². The summed E-state index contributed by atoms with van der Waals surface area (Å²) in [6, 6.07) is -2.45. The minimum absolute atomic E-state index is 0.101. The van der Waals surface area contributed by atoms with Gasteiger partial charge in [0.15, 0.2) is 0 Å². The molecule has 0 bridgehead atoms. The standard InChI is InChI=1S/C10H22N2/c1-11(2)9-7-5-6-8-10(9)12(3)4/h9-10H,5-8H2,1-4H3/t9-,10-/m1/s1/i1D3,2D3,3D3,4D3. The normalized spacial score (nSPS) is 50.5. The smallest absolute Gasteiger partial charge is 0.0394 e. The quantitative estimate of drug-likeness (QED) is 0.637. The highest BCUT2D eigenvalue weighted by molar-refractivity contribution is 4.85. The molecule has 0 aromatic rings. The van der Waals surface area contributed by atoms with Crippen LogP contribution in [0.25, 0.3) is 0 Å². The molecule has 0 aromatic carbocycles. The molecule has 2 nitrogen and oxygen atoms in total. The summed E-state index contributed by atoms with van der Waals surface area (Å²) in [5.41, 5.74) is 0. The maximum Gasteiger partial charge on any atom is 0.0394 e. The zero-order chi connectivity index (χ0) is 19.1. The maximum atomic E-state index is 7.52. The maximum absolute atomic E-state index is 7.52. The average molecular weight is 182 g/mol. The SMILES string of the molecule is [2H]C([2H])([2H])N([C@@H]1CCCC[C@H]1N(C([2H])([2H])[2H])C([2H])([2H])[2H])C([2H])([2H])[2H]. The first-order valence-corrected chi connectivity index (χ1v) is 4.06. The molecule has 0 radical (unpaired) electrons. The van der Waals surface area contributed by atoms with Crippen LogP contribution in [0.4, 0.5) is 0 Å². The van der Waals surface area contributed by atoms with Crippen molar-refractivity contribution in [3.8, 4) is 0 Å². The van der Waals surface area contributed by atoms with Crippen LogP contribution in [0.1, 0.15) is 42.1 Å². The van der Waals surface area contributed by atoms with E-state index in [1.165, 1.54) is 0 Å². The van der Waals surface area contributed by atoms with E-state index >= 15 is 0 Å². The van der Waals surface area contributed by atoms with E-state index in [1.54, 1.807) is 0 Å². The number of hydrogen-bond donors (Lipinski definition) is 0. The Morgan fingerprint density at radius 3 is 1.67 bits per heavy atom. The Balaban J connectivity index is 3.38. The monoisotopic (exact) mass is 182 g/mol. The highest BCUT2D eigenvalue weighted by Crippen LogP contribution is 2.24. The zero-order valence-corrected chi connectivity index (χ0v) is 6.88. The van der Waals surface area contributed by atoms with Gasteiger partial charge in [-0.3, -0.25) is 0 Å². The lowest BCUT2D eigenvalue weighted by atomic mass is 9.89. The second-order valence-corrected chi connectivity index (χ2v) is 3.16. The predicted octanol–water partition coefficient (Wildman–Crippen LogP) is 1.42. The van der Waals surface area contributed by atoms with Crippen LogP contribution < -0.4 is 0 Å². The van der Waals surface area contributed by atoms with Crippen molar-refractivity contribution in [3.05, 3.63) is 0 Å². The molecule has 12 heavy (non-hydrogen) atoms. The molecule has 2 heteroatoms. The summed E-state index contributed by atoms with van der Waals surface area (Å²) >= 11 is 0. The fraction of sp³-hybridized carbons (Fsp3) is 1.00. The zero-order valence-electron chi connectivity index (χ0n) is 18.9. The van der Waals surface area contributed by atoms with Crippen molar-refractivity contribution in [2.45, 2.75) is 37.8 Å². The molecule has 2 atom stereocenters.